The third-order valence-corrected chi connectivity index (χ3v) is 3.60. The number of thiazole rings is 1. The topological polar surface area (TPSA) is 12.9 Å². The first kappa shape index (κ1) is 10.2. The highest BCUT2D eigenvalue weighted by Gasteiger charge is 2.19. The fraction of sp³-hybridized carbons (Fsp3) is 0.545. The molecule has 0 spiro atoms. The summed E-state index contributed by atoms with van der Waals surface area (Å²) in [5.74, 6) is 0.680. The van der Waals surface area contributed by atoms with Crippen LogP contribution in [0.3, 0.4) is 0 Å². The number of alkyl halides is 1. The quantitative estimate of drug-likeness (QED) is 0.664. The maximum absolute atomic E-state index is 6.16. The van der Waals surface area contributed by atoms with Gasteiger partial charge in [-0.2, -0.15) is 0 Å². The summed E-state index contributed by atoms with van der Waals surface area (Å²) in [7, 11) is 0. The zero-order chi connectivity index (χ0) is 10.1. The lowest BCUT2D eigenvalue weighted by Gasteiger charge is -2.21. The molecule has 0 aliphatic heterocycles. The first-order valence-electron chi connectivity index (χ1n) is 4.92. The van der Waals surface area contributed by atoms with E-state index in [4.69, 9.17) is 11.6 Å². The molecule has 3 heteroatoms. The van der Waals surface area contributed by atoms with Crippen molar-refractivity contribution >= 4 is 28.5 Å². The van der Waals surface area contributed by atoms with Crippen LogP contribution in [0.15, 0.2) is 11.5 Å². The molecule has 0 amide bonds. The van der Waals surface area contributed by atoms with Gasteiger partial charge in [0, 0.05) is 5.38 Å². The number of aryl methyl sites for hydroxylation is 1. The van der Waals surface area contributed by atoms with E-state index in [9.17, 15) is 0 Å². The van der Waals surface area contributed by atoms with Crippen molar-refractivity contribution in [3.05, 3.63) is 22.2 Å². The molecule has 14 heavy (non-hydrogen) atoms. The molecule has 0 radical (unpaired) electrons. The van der Waals surface area contributed by atoms with Crippen molar-refractivity contribution in [1.29, 1.82) is 0 Å². The second kappa shape index (κ2) is 4.03. The van der Waals surface area contributed by atoms with Crippen LogP contribution in [0.5, 0.6) is 0 Å². The van der Waals surface area contributed by atoms with Crippen LogP contribution in [-0.4, -0.2) is 10.4 Å². The summed E-state index contributed by atoms with van der Waals surface area (Å²) in [4.78, 5) is 4.49. The predicted octanol–water partition coefficient (Wildman–Crippen LogP) is 3.87. The summed E-state index contributed by atoms with van der Waals surface area (Å²) in [6.45, 7) is 4.29. The minimum atomic E-state index is 0.191. The first-order valence-corrected chi connectivity index (χ1v) is 6.24. The van der Waals surface area contributed by atoms with E-state index in [2.05, 4.69) is 23.4 Å². The molecule has 2 atom stereocenters. The predicted molar refractivity (Wildman–Crippen MR) is 62.9 cm³/mol. The van der Waals surface area contributed by atoms with Crippen molar-refractivity contribution in [3.63, 3.8) is 0 Å². The van der Waals surface area contributed by atoms with Gasteiger partial charge in [-0.25, -0.2) is 4.98 Å². The van der Waals surface area contributed by atoms with E-state index < -0.39 is 0 Å². The summed E-state index contributed by atoms with van der Waals surface area (Å²) >= 11 is 7.87. The van der Waals surface area contributed by atoms with Gasteiger partial charge in [-0.05, 0) is 31.3 Å². The minimum Gasteiger partial charge on any atom is -0.242 e. The highest BCUT2D eigenvalue weighted by atomic mass is 35.5. The van der Waals surface area contributed by atoms with E-state index >= 15 is 0 Å². The molecule has 0 N–H and O–H groups in total. The lowest BCUT2D eigenvalue weighted by Crippen LogP contribution is -2.11. The molecule has 76 valence electrons. The molecule has 0 fully saturated rings. The van der Waals surface area contributed by atoms with Crippen LogP contribution in [0.25, 0.3) is 5.57 Å². The van der Waals surface area contributed by atoms with Crippen molar-refractivity contribution in [1.82, 2.24) is 4.98 Å². The number of nitrogens with zero attached hydrogens (tertiary/aromatic N) is 1. The van der Waals surface area contributed by atoms with E-state index in [1.165, 1.54) is 5.57 Å². The summed E-state index contributed by atoms with van der Waals surface area (Å²) < 4.78 is 0. The smallest absolute Gasteiger partial charge is 0.0901 e. The zero-order valence-electron chi connectivity index (χ0n) is 8.46. The number of rotatable bonds is 1. The van der Waals surface area contributed by atoms with E-state index in [1.807, 2.05) is 6.92 Å². The highest BCUT2D eigenvalue weighted by molar-refractivity contribution is 7.09. The molecule has 1 aliphatic carbocycles. The van der Waals surface area contributed by atoms with Crippen LogP contribution in [-0.2, 0) is 0 Å². The zero-order valence-corrected chi connectivity index (χ0v) is 10.0. The number of hydrogen-bond donors (Lipinski definition) is 0. The first-order chi connectivity index (χ1) is 6.65. The van der Waals surface area contributed by atoms with Crippen LogP contribution in [0.4, 0.5) is 0 Å². The average Bonchev–Trinajstić information content (AvgIpc) is 2.50. The number of allylic oxidation sites excluding steroid dienone is 2. The molecule has 2 unspecified atom stereocenters. The van der Waals surface area contributed by atoms with Gasteiger partial charge < -0.3 is 0 Å². The normalized spacial score (nSPS) is 27.5. The Kier molecular flexibility index (Phi) is 2.93. The second-order valence-electron chi connectivity index (χ2n) is 4.00. The number of halogens is 1. The monoisotopic (exact) mass is 227 g/mol. The molecule has 1 aromatic heterocycles. The van der Waals surface area contributed by atoms with Crippen LogP contribution in [0.1, 0.15) is 30.5 Å². The van der Waals surface area contributed by atoms with Crippen molar-refractivity contribution in [2.24, 2.45) is 5.92 Å². The fourth-order valence-electron chi connectivity index (χ4n) is 1.90. The number of aromatic nitrogens is 1. The molecular formula is C11H14ClNS. The van der Waals surface area contributed by atoms with Gasteiger partial charge in [-0.3, -0.25) is 0 Å². The van der Waals surface area contributed by atoms with Crippen LogP contribution in [0.2, 0.25) is 0 Å². The molecule has 1 aromatic rings. The Balaban J connectivity index is 2.25. The van der Waals surface area contributed by atoms with E-state index in [-0.39, 0.29) is 5.38 Å². The summed E-state index contributed by atoms with van der Waals surface area (Å²) in [5.41, 5.74) is 2.46. The molecule has 1 heterocycles. The van der Waals surface area contributed by atoms with Crippen molar-refractivity contribution < 1.29 is 0 Å². The Labute approximate surface area is 93.8 Å². The standard InChI is InChI=1S/C11H14ClNS/c1-7-3-9(5-10(12)4-7)11-6-14-8(2)13-11/h5-7,10H,3-4H2,1-2H3. The van der Waals surface area contributed by atoms with Gasteiger partial charge in [0.05, 0.1) is 16.1 Å². The highest BCUT2D eigenvalue weighted by Crippen LogP contribution is 2.33. The molecule has 1 aliphatic rings. The van der Waals surface area contributed by atoms with Crippen molar-refractivity contribution in [2.45, 2.75) is 32.1 Å². The lowest BCUT2D eigenvalue weighted by molar-refractivity contribution is 0.539. The Bertz CT molecular complexity index is 356. The Hall–Kier alpha value is -0.340. The fourth-order valence-corrected chi connectivity index (χ4v) is 2.99. The average molecular weight is 228 g/mol. The van der Waals surface area contributed by atoms with E-state index in [0.717, 1.165) is 23.5 Å². The summed E-state index contributed by atoms with van der Waals surface area (Å²) in [6, 6.07) is 0. The van der Waals surface area contributed by atoms with Crippen LogP contribution in [0, 0.1) is 12.8 Å². The SMILES string of the molecule is Cc1nc(C2=CC(Cl)CC(C)C2)cs1. The van der Waals surface area contributed by atoms with Gasteiger partial charge in [0.1, 0.15) is 0 Å². The van der Waals surface area contributed by atoms with Crippen LogP contribution >= 0.6 is 22.9 Å². The maximum atomic E-state index is 6.16. The van der Waals surface area contributed by atoms with Gasteiger partial charge in [-0.15, -0.1) is 22.9 Å². The Morgan fingerprint density at radius 1 is 1.57 bits per heavy atom. The largest absolute Gasteiger partial charge is 0.242 e. The molecule has 0 saturated carbocycles. The molecule has 0 aromatic carbocycles. The molecular weight excluding hydrogens is 214 g/mol. The van der Waals surface area contributed by atoms with Crippen LogP contribution < -0.4 is 0 Å². The van der Waals surface area contributed by atoms with E-state index in [0.29, 0.717) is 5.92 Å². The molecule has 2 rings (SSSR count). The van der Waals surface area contributed by atoms with Gasteiger partial charge in [0.25, 0.3) is 0 Å². The van der Waals surface area contributed by atoms with E-state index in [1.54, 1.807) is 11.3 Å². The molecule has 1 nitrogen and oxygen atoms in total. The lowest BCUT2D eigenvalue weighted by atomic mass is 9.89. The third kappa shape index (κ3) is 2.18. The molecule has 0 bridgehead atoms. The van der Waals surface area contributed by atoms with Gasteiger partial charge in [-0.1, -0.05) is 13.0 Å². The van der Waals surface area contributed by atoms with Gasteiger partial charge in [0.2, 0.25) is 0 Å². The van der Waals surface area contributed by atoms with Gasteiger partial charge in [0.15, 0.2) is 0 Å². The maximum Gasteiger partial charge on any atom is 0.0901 e. The minimum absolute atomic E-state index is 0.191. The third-order valence-electron chi connectivity index (χ3n) is 2.53. The van der Waals surface area contributed by atoms with Gasteiger partial charge >= 0.3 is 0 Å². The Morgan fingerprint density at radius 2 is 2.36 bits per heavy atom. The van der Waals surface area contributed by atoms with Crippen molar-refractivity contribution in [3.8, 4) is 0 Å². The van der Waals surface area contributed by atoms with Crippen molar-refractivity contribution in [2.75, 3.05) is 0 Å². The second-order valence-corrected chi connectivity index (χ2v) is 5.63. The number of hydrogen-bond acceptors (Lipinski definition) is 2. The summed E-state index contributed by atoms with van der Waals surface area (Å²) in [6.07, 6.45) is 4.37. The Morgan fingerprint density at radius 3 is 2.93 bits per heavy atom. The molecule has 0 saturated heterocycles. The summed E-state index contributed by atoms with van der Waals surface area (Å²) in [5, 5.41) is 3.45.